The number of methoxy groups -OCH3 is 1. The van der Waals surface area contributed by atoms with Crippen molar-refractivity contribution in [1.29, 1.82) is 0 Å². The largest absolute Gasteiger partial charge is 0.497 e. The average molecular weight is 393 g/mol. The highest BCUT2D eigenvalue weighted by molar-refractivity contribution is 5.90. The number of hydrogen-bond acceptors (Lipinski definition) is 7. The summed E-state index contributed by atoms with van der Waals surface area (Å²) in [5.74, 6) is -1.22. The van der Waals surface area contributed by atoms with Gasteiger partial charge >= 0.3 is 11.9 Å². The van der Waals surface area contributed by atoms with Crippen molar-refractivity contribution < 1.29 is 33.3 Å². The molecule has 1 aliphatic rings. The molecule has 154 valence electrons. The molecule has 8 heteroatoms. The molecule has 28 heavy (non-hydrogen) atoms. The minimum Gasteiger partial charge on any atom is -0.497 e. The Labute approximate surface area is 164 Å². The first kappa shape index (κ1) is 21.7. The zero-order chi connectivity index (χ0) is 20.9. The van der Waals surface area contributed by atoms with Gasteiger partial charge in [0, 0.05) is 20.0 Å². The summed E-state index contributed by atoms with van der Waals surface area (Å²) in [5.41, 5.74) is 0.104. The van der Waals surface area contributed by atoms with E-state index in [4.69, 9.17) is 18.9 Å². The summed E-state index contributed by atoms with van der Waals surface area (Å²) in [7, 11) is 1.58. The zero-order valence-corrected chi connectivity index (χ0v) is 16.9. The Morgan fingerprint density at radius 2 is 1.89 bits per heavy atom. The number of carbonyl (C=O) groups is 3. The van der Waals surface area contributed by atoms with E-state index < -0.39 is 35.7 Å². The van der Waals surface area contributed by atoms with Gasteiger partial charge in [-0.15, -0.1) is 0 Å². The predicted molar refractivity (Wildman–Crippen MR) is 99.6 cm³/mol. The van der Waals surface area contributed by atoms with Crippen LogP contribution in [0, 0.1) is 0 Å². The van der Waals surface area contributed by atoms with Crippen molar-refractivity contribution in [1.82, 2.24) is 4.90 Å². The fourth-order valence-corrected chi connectivity index (χ4v) is 2.75. The fourth-order valence-electron chi connectivity index (χ4n) is 2.75. The lowest BCUT2D eigenvalue weighted by atomic mass is 10.1. The number of esters is 2. The third kappa shape index (κ3) is 5.95. The Kier molecular flexibility index (Phi) is 7.01. The molecule has 0 radical (unpaired) electrons. The van der Waals surface area contributed by atoms with E-state index in [-0.39, 0.29) is 6.61 Å². The Morgan fingerprint density at radius 1 is 1.25 bits per heavy atom. The maximum absolute atomic E-state index is 12.9. The molecule has 1 saturated heterocycles. The molecule has 0 spiro atoms. The highest BCUT2D eigenvalue weighted by atomic mass is 16.6. The van der Waals surface area contributed by atoms with Crippen LogP contribution in [0.1, 0.15) is 33.3 Å². The second-order valence-electron chi connectivity index (χ2n) is 7.46. The van der Waals surface area contributed by atoms with Gasteiger partial charge in [-0.2, -0.15) is 0 Å². The normalized spacial score (nSPS) is 18.4. The van der Waals surface area contributed by atoms with E-state index in [1.165, 1.54) is 6.92 Å². The number of rotatable bonds is 6. The van der Waals surface area contributed by atoms with Crippen LogP contribution in [-0.4, -0.2) is 60.8 Å². The van der Waals surface area contributed by atoms with Crippen LogP contribution < -0.4 is 4.74 Å². The highest BCUT2D eigenvalue weighted by Gasteiger charge is 2.44. The van der Waals surface area contributed by atoms with Crippen molar-refractivity contribution in [2.45, 2.75) is 52.0 Å². The average Bonchev–Trinajstić information content (AvgIpc) is 2.61. The first-order chi connectivity index (χ1) is 13.1. The second-order valence-corrected chi connectivity index (χ2v) is 7.46. The summed E-state index contributed by atoms with van der Waals surface area (Å²) in [6, 6.07) is 7.32. The molecule has 2 atom stereocenters. The zero-order valence-electron chi connectivity index (χ0n) is 16.9. The maximum atomic E-state index is 12.9. The molecule has 1 fully saturated rings. The lowest BCUT2D eigenvalue weighted by Gasteiger charge is -2.35. The number of amides is 1. The van der Waals surface area contributed by atoms with Crippen LogP contribution >= 0.6 is 0 Å². The topological polar surface area (TPSA) is 91.4 Å². The molecular formula is C20H27NO7. The molecule has 1 amide bonds. The molecule has 1 heterocycles. The lowest BCUT2D eigenvalue weighted by molar-refractivity contribution is -0.193. The molecule has 2 rings (SSSR count). The summed E-state index contributed by atoms with van der Waals surface area (Å²) < 4.78 is 21.0. The molecule has 0 bridgehead atoms. The lowest BCUT2D eigenvalue weighted by Crippen LogP contribution is -2.56. The minimum absolute atomic E-state index is 0.215. The first-order valence-corrected chi connectivity index (χ1v) is 9.04. The van der Waals surface area contributed by atoms with Gasteiger partial charge in [0.1, 0.15) is 11.4 Å². The molecule has 0 unspecified atom stereocenters. The van der Waals surface area contributed by atoms with Gasteiger partial charge in [-0.05, 0) is 38.5 Å². The van der Waals surface area contributed by atoms with E-state index in [9.17, 15) is 14.4 Å². The van der Waals surface area contributed by atoms with E-state index in [0.717, 1.165) is 11.3 Å². The van der Waals surface area contributed by atoms with Gasteiger partial charge in [0.2, 0.25) is 6.10 Å². The molecule has 1 aromatic carbocycles. The van der Waals surface area contributed by atoms with Crippen molar-refractivity contribution in [3.63, 3.8) is 0 Å². The maximum Gasteiger partial charge on any atom is 0.351 e. The van der Waals surface area contributed by atoms with Crippen LogP contribution in [-0.2, 0) is 35.1 Å². The standard InChI is InChI=1S/C20H27NO7/c1-13(22)27-17(19(24)28-20(2,3)4)16-18(23)21(10-11-26-16)12-14-6-8-15(25-5)9-7-14/h6-9,16-17H,10-12H2,1-5H3/t16-,17-/m1/s1. The Bertz CT molecular complexity index is 708. The van der Waals surface area contributed by atoms with Crippen LogP contribution in [0.5, 0.6) is 5.75 Å². The summed E-state index contributed by atoms with van der Waals surface area (Å²) in [6.07, 6.45) is -2.70. The summed E-state index contributed by atoms with van der Waals surface area (Å²) in [5, 5.41) is 0. The van der Waals surface area contributed by atoms with Gasteiger partial charge in [0.25, 0.3) is 5.91 Å². The van der Waals surface area contributed by atoms with Crippen LogP contribution in [0.4, 0.5) is 0 Å². The monoisotopic (exact) mass is 393 g/mol. The van der Waals surface area contributed by atoms with Gasteiger partial charge in [0.05, 0.1) is 13.7 Å². The number of nitrogens with zero attached hydrogens (tertiary/aromatic N) is 1. The molecule has 0 aromatic heterocycles. The minimum atomic E-state index is -1.46. The Hall–Kier alpha value is -2.61. The molecule has 0 saturated carbocycles. The van der Waals surface area contributed by atoms with Crippen LogP contribution in [0.3, 0.4) is 0 Å². The van der Waals surface area contributed by atoms with Crippen molar-refractivity contribution in [2.75, 3.05) is 20.3 Å². The molecule has 0 N–H and O–H groups in total. The van der Waals surface area contributed by atoms with Crippen molar-refractivity contribution in [3.05, 3.63) is 29.8 Å². The smallest absolute Gasteiger partial charge is 0.351 e. The Balaban J connectivity index is 2.15. The van der Waals surface area contributed by atoms with E-state index in [0.29, 0.717) is 13.1 Å². The van der Waals surface area contributed by atoms with Crippen molar-refractivity contribution in [3.8, 4) is 5.75 Å². The molecule has 1 aliphatic heterocycles. The highest BCUT2D eigenvalue weighted by Crippen LogP contribution is 2.20. The number of ether oxygens (including phenoxy) is 4. The van der Waals surface area contributed by atoms with Gasteiger partial charge in [-0.3, -0.25) is 9.59 Å². The molecule has 1 aromatic rings. The van der Waals surface area contributed by atoms with E-state index in [1.54, 1.807) is 44.9 Å². The quantitative estimate of drug-likeness (QED) is 0.679. The fraction of sp³-hybridized carbons (Fsp3) is 0.550. The molecular weight excluding hydrogens is 366 g/mol. The number of benzene rings is 1. The number of carbonyl (C=O) groups excluding carboxylic acids is 3. The second kappa shape index (κ2) is 9.05. The van der Waals surface area contributed by atoms with Gasteiger partial charge in [-0.1, -0.05) is 12.1 Å². The van der Waals surface area contributed by atoms with Crippen molar-refractivity contribution in [2.24, 2.45) is 0 Å². The summed E-state index contributed by atoms with van der Waals surface area (Å²) in [4.78, 5) is 38.5. The SMILES string of the molecule is COc1ccc(CN2CCO[C@H]([C@@H](OC(C)=O)C(=O)OC(C)(C)C)C2=O)cc1. The van der Waals surface area contributed by atoms with Gasteiger partial charge in [-0.25, -0.2) is 4.79 Å². The summed E-state index contributed by atoms with van der Waals surface area (Å²) in [6.45, 7) is 7.15. The van der Waals surface area contributed by atoms with Crippen molar-refractivity contribution >= 4 is 17.8 Å². The number of hydrogen-bond donors (Lipinski definition) is 0. The molecule has 0 aliphatic carbocycles. The summed E-state index contributed by atoms with van der Waals surface area (Å²) >= 11 is 0. The Morgan fingerprint density at radius 3 is 2.43 bits per heavy atom. The van der Waals surface area contributed by atoms with Crippen LogP contribution in [0.15, 0.2) is 24.3 Å². The third-order valence-corrected chi connectivity index (χ3v) is 3.95. The van der Waals surface area contributed by atoms with E-state index in [2.05, 4.69) is 0 Å². The first-order valence-electron chi connectivity index (χ1n) is 9.04. The van der Waals surface area contributed by atoms with Gasteiger partial charge < -0.3 is 23.8 Å². The van der Waals surface area contributed by atoms with Crippen LogP contribution in [0.25, 0.3) is 0 Å². The number of morpholine rings is 1. The van der Waals surface area contributed by atoms with Gasteiger partial charge in [0.15, 0.2) is 6.10 Å². The third-order valence-electron chi connectivity index (χ3n) is 3.95. The van der Waals surface area contributed by atoms with E-state index >= 15 is 0 Å². The molecule has 8 nitrogen and oxygen atoms in total. The van der Waals surface area contributed by atoms with E-state index in [1.807, 2.05) is 12.1 Å². The van der Waals surface area contributed by atoms with Crippen LogP contribution in [0.2, 0.25) is 0 Å². The predicted octanol–water partition coefficient (Wildman–Crippen LogP) is 1.70.